The number of hydrogen-bond donors (Lipinski definition) is 2. The summed E-state index contributed by atoms with van der Waals surface area (Å²) in [6.45, 7) is 4.87. The molecule has 1 aromatic heterocycles. The van der Waals surface area contributed by atoms with Crippen LogP contribution in [0.25, 0.3) is 0 Å². The molecule has 2 N–H and O–H groups in total. The van der Waals surface area contributed by atoms with E-state index in [9.17, 15) is 4.79 Å². The van der Waals surface area contributed by atoms with Crippen LogP contribution in [0.4, 0.5) is 5.69 Å². The van der Waals surface area contributed by atoms with Gasteiger partial charge in [-0.1, -0.05) is 19.1 Å². The van der Waals surface area contributed by atoms with Crippen molar-refractivity contribution in [3.63, 3.8) is 0 Å². The van der Waals surface area contributed by atoms with Gasteiger partial charge in [0.15, 0.2) is 0 Å². The van der Waals surface area contributed by atoms with Crippen molar-refractivity contribution >= 4 is 35.3 Å². The van der Waals surface area contributed by atoms with Crippen LogP contribution in [0, 0.1) is 0 Å². The Hall–Kier alpha value is -1.36. The summed E-state index contributed by atoms with van der Waals surface area (Å²) in [5, 5.41) is 10.6. The zero-order valence-electron chi connectivity index (χ0n) is 12.3. The SMILES string of the molecule is CCC(=O)Nc1ccc(C(C)NCc2ccsc2)cc1.Cl. The molecule has 1 amide bonds. The van der Waals surface area contributed by atoms with Crippen molar-refractivity contribution in [3.8, 4) is 0 Å². The largest absolute Gasteiger partial charge is 0.326 e. The van der Waals surface area contributed by atoms with Gasteiger partial charge in [0.2, 0.25) is 5.91 Å². The fraction of sp³-hybridized carbons (Fsp3) is 0.312. The smallest absolute Gasteiger partial charge is 0.224 e. The summed E-state index contributed by atoms with van der Waals surface area (Å²) in [6, 6.07) is 10.4. The van der Waals surface area contributed by atoms with Crippen molar-refractivity contribution in [1.29, 1.82) is 0 Å². The van der Waals surface area contributed by atoms with Crippen LogP contribution in [-0.2, 0) is 11.3 Å². The predicted molar refractivity (Wildman–Crippen MR) is 92.2 cm³/mol. The van der Waals surface area contributed by atoms with Crippen LogP contribution >= 0.6 is 23.7 Å². The molecule has 0 aliphatic heterocycles. The number of anilines is 1. The van der Waals surface area contributed by atoms with Crippen molar-refractivity contribution in [2.45, 2.75) is 32.9 Å². The van der Waals surface area contributed by atoms with Crippen molar-refractivity contribution in [2.24, 2.45) is 0 Å². The number of carbonyl (C=O) groups is 1. The average molecular weight is 325 g/mol. The third-order valence-electron chi connectivity index (χ3n) is 3.21. The summed E-state index contributed by atoms with van der Waals surface area (Å²) >= 11 is 1.72. The van der Waals surface area contributed by atoms with Gasteiger partial charge in [-0.15, -0.1) is 12.4 Å². The first-order valence-corrected chi connectivity index (χ1v) is 7.77. The Kier molecular flexibility index (Phi) is 7.43. The molecular weight excluding hydrogens is 304 g/mol. The number of carbonyl (C=O) groups excluding carboxylic acids is 1. The first kappa shape index (κ1) is 17.7. The molecule has 0 saturated carbocycles. The van der Waals surface area contributed by atoms with Crippen molar-refractivity contribution in [2.75, 3.05) is 5.32 Å². The van der Waals surface area contributed by atoms with E-state index in [1.54, 1.807) is 11.3 Å². The van der Waals surface area contributed by atoms with Crippen molar-refractivity contribution in [3.05, 3.63) is 52.2 Å². The standard InChI is InChI=1S/C16H20N2OS.ClH/c1-3-16(19)18-15-6-4-14(5-7-15)12(2)17-10-13-8-9-20-11-13;/h4-9,11-12,17H,3,10H2,1-2H3,(H,18,19);1H. The highest BCUT2D eigenvalue weighted by Crippen LogP contribution is 2.17. The molecule has 2 rings (SSSR count). The highest BCUT2D eigenvalue weighted by Gasteiger charge is 2.05. The maximum Gasteiger partial charge on any atom is 0.224 e. The average Bonchev–Trinajstić information content (AvgIpc) is 2.98. The normalized spacial score (nSPS) is 11.5. The van der Waals surface area contributed by atoms with Crippen LogP contribution in [0.3, 0.4) is 0 Å². The number of nitrogens with one attached hydrogen (secondary N) is 2. The molecule has 0 aliphatic rings. The minimum Gasteiger partial charge on any atom is -0.326 e. The third kappa shape index (κ3) is 5.50. The third-order valence-corrected chi connectivity index (χ3v) is 3.94. The van der Waals surface area contributed by atoms with Crippen LogP contribution in [-0.4, -0.2) is 5.91 Å². The lowest BCUT2D eigenvalue weighted by Crippen LogP contribution is -2.17. The number of benzene rings is 1. The second-order valence-corrected chi connectivity index (χ2v) is 5.54. The summed E-state index contributed by atoms with van der Waals surface area (Å²) in [5.74, 6) is 0.0429. The Balaban J connectivity index is 0.00000220. The van der Waals surface area contributed by atoms with E-state index in [1.807, 2.05) is 19.1 Å². The minimum absolute atomic E-state index is 0. The summed E-state index contributed by atoms with van der Waals surface area (Å²) in [6.07, 6.45) is 0.500. The summed E-state index contributed by atoms with van der Waals surface area (Å²) < 4.78 is 0. The molecule has 0 radical (unpaired) electrons. The molecule has 5 heteroatoms. The second kappa shape index (κ2) is 8.82. The van der Waals surface area contributed by atoms with E-state index in [2.05, 4.69) is 46.5 Å². The van der Waals surface area contributed by atoms with Gasteiger partial charge in [-0.2, -0.15) is 11.3 Å². The molecule has 1 aromatic carbocycles. The molecule has 1 atom stereocenters. The summed E-state index contributed by atoms with van der Waals surface area (Å²) in [7, 11) is 0. The van der Waals surface area contributed by atoms with E-state index in [0.29, 0.717) is 6.42 Å². The van der Waals surface area contributed by atoms with Crippen LogP contribution < -0.4 is 10.6 Å². The number of thiophene rings is 1. The van der Waals surface area contributed by atoms with E-state index >= 15 is 0 Å². The molecule has 21 heavy (non-hydrogen) atoms. The zero-order valence-corrected chi connectivity index (χ0v) is 13.9. The molecule has 0 saturated heterocycles. The van der Waals surface area contributed by atoms with Gasteiger partial charge in [0, 0.05) is 24.7 Å². The number of hydrogen-bond acceptors (Lipinski definition) is 3. The first-order chi connectivity index (χ1) is 9.69. The Bertz CT molecular complexity index is 540. The Morgan fingerprint density at radius 2 is 1.95 bits per heavy atom. The van der Waals surface area contributed by atoms with Gasteiger partial charge in [0.05, 0.1) is 0 Å². The maximum absolute atomic E-state index is 11.3. The van der Waals surface area contributed by atoms with Gasteiger partial charge in [0.25, 0.3) is 0 Å². The molecule has 1 unspecified atom stereocenters. The van der Waals surface area contributed by atoms with E-state index in [-0.39, 0.29) is 24.4 Å². The monoisotopic (exact) mass is 324 g/mol. The first-order valence-electron chi connectivity index (χ1n) is 6.83. The number of rotatable bonds is 6. The van der Waals surface area contributed by atoms with Gasteiger partial charge in [0.1, 0.15) is 0 Å². The Morgan fingerprint density at radius 1 is 1.24 bits per heavy atom. The van der Waals surface area contributed by atoms with Crippen LogP contribution in [0.15, 0.2) is 41.1 Å². The lowest BCUT2D eigenvalue weighted by molar-refractivity contribution is -0.115. The molecule has 0 bridgehead atoms. The zero-order chi connectivity index (χ0) is 14.4. The highest BCUT2D eigenvalue weighted by molar-refractivity contribution is 7.07. The number of halogens is 1. The Labute approximate surface area is 136 Å². The van der Waals surface area contributed by atoms with Gasteiger partial charge >= 0.3 is 0 Å². The van der Waals surface area contributed by atoms with Gasteiger partial charge in [-0.3, -0.25) is 4.79 Å². The van der Waals surface area contributed by atoms with E-state index in [0.717, 1.165) is 12.2 Å². The molecule has 0 aliphatic carbocycles. The highest BCUT2D eigenvalue weighted by atomic mass is 35.5. The van der Waals surface area contributed by atoms with Gasteiger partial charge < -0.3 is 10.6 Å². The van der Waals surface area contributed by atoms with E-state index < -0.39 is 0 Å². The van der Waals surface area contributed by atoms with E-state index in [4.69, 9.17) is 0 Å². The van der Waals surface area contributed by atoms with Gasteiger partial charge in [-0.25, -0.2) is 0 Å². The fourth-order valence-corrected chi connectivity index (χ4v) is 2.56. The molecule has 2 aromatic rings. The van der Waals surface area contributed by atoms with Gasteiger partial charge in [-0.05, 0) is 47.0 Å². The molecule has 0 fully saturated rings. The summed E-state index contributed by atoms with van der Waals surface area (Å²) in [4.78, 5) is 11.3. The van der Waals surface area contributed by atoms with Crippen LogP contribution in [0.2, 0.25) is 0 Å². The molecule has 0 spiro atoms. The lowest BCUT2D eigenvalue weighted by Gasteiger charge is -2.14. The molecular formula is C16H21ClN2OS. The van der Waals surface area contributed by atoms with Crippen molar-refractivity contribution in [1.82, 2.24) is 5.32 Å². The van der Waals surface area contributed by atoms with Crippen molar-refractivity contribution < 1.29 is 4.79 Å². The quantitative estimate of drug-likeness (QED) is 0.828. The maximum atomic E-state index is 11.3. The Morgan fingerprint density at radius 3 is 2.52 bits per heavy atom. The molecule has 3 nitrogen and oxygen atoms in total. The second-order valence-electron chi connectivity index (χ2n) is 4.76. The lowest BCUT2D eigenvalue weighted by atomic mass is 10.1. The molecule has 114 valence electrons. The van der Waals surface area contributed by atoms with Crippen LogP contribution in [0.1, 0.15) is 37.4 Å². The number of amides is 1. The van der Waals surface area contributed by atoms with Crippen LogP contribution in [0.5, 0.6) is 0 Å². The fourth-order valence-electron chi connectivity index (χ4n) is 1.89. The predicted octanol–water partition coefficient (Wildman–Crippen LogP) is 4.37. The summed E-state index contributed by atoms with van der Waals surface area (Å²) in [5.41, 5.74) is 3.38. The molecule has 1 heterocycles. The topological polar surface area (TPSA) is 41.1 Å². The minimum atomic E-state index is 0. The van der Waals surface area contributed by atoms with E-state index in [1.165, 1.54) is 11.1 Å².